The first-order chi connectivity index (χ1) is 8.08. The van der Waals surface area contributed by atoms with Crippen LogP contribution >= 0.6 is 0 Å². The molecule has 0 aromatic heterocycles. The molecule has 94 valence electrons. The van der Waals surface area contributed by atoms with Crippen molar-refractivity contribution in [2.45, 2.75) is 13.8 Å². The molecule has 0 bridgehead atoms. The second-order valence-corrected chi connectivity index (χ2v) is 4.64. The van der Waals surface area contributed by atoms with Gasteiger partial charge in [-0.05, 0) is 50.2 Å². The van der Waals surface area contributed by atoms with E-state index in [1.807, 2.05) is 12.1 Å². The molecular weight excluding hydrogens is 210 g/mol. The number of hydrogen-bond donors (Lipinski definition) is 0. The van der Waals surface area contributed by atoms with E-state index in [-0.39, 0.29) is 0 Å². The summed E-state index contributed by atoms with van der Waals surface area (Å²) < 4.78 is 5.27. The van der Waals surface area contributed by atoms with E-state index in [1.54, 1.807) is 7.11 Å². The fourth-order valence-electron chi connectivity index (χ4n) is 2.18. The maximum atomic E-state index is 5.27. The first kappa shape index (κ1) is 13.8. The van der Waals surface area contributed by atoms with Crippen LogP contribution in [-0.2, 0) is 0 Å². The zero-order valence-electron chi connectivity index (χ0n) is 11.5. The number of ether oxygens (including phenoxy) is 1. The van der Waals surface area contributed by atoms with Crippen molar-refractivity contribution in [2.24, 2.45) is 5.92 Å². The number of benzene rings is 1. The highest BCUT2D eigenvalue weighted by atomic mass is 16.5. The molecule has 0 fully saturated rings. The molecule has 0 saturated heterocycles. The van der Waals surface area contributed by atoms with Crippen LogP contribution in [0.25, 0.3) is 5.57 Å². The van der Waals surface area contributed by atoms with Crippen LogP contribution in [0.5, 0.6) is 5.75 Å². The molecule has 0 aliphatic heterocycles. The van der Waals surface area contributed by atoms with Crippen molar-refractivity contribution in [3.8, 4) is 5.75 Å². The highest BCUT2D eigenvalue weighted by molar-refractivity contribution is 5.68. The fourth-order valence-corrected chi connectivity index (χ4v) is 2.18. The molecule has 1 unspecified atom stereocenters. The molecule has 2 nitrogen and oxygen atoms in total. The van der Waals surface area contributed by atoms with Crippen molar-refractivity contribution in [3.05, 3.63) is 35.9 Å². The zero-order valence-corrected chi connectivity index (χ0v) is 11.5. The largest absolute Gasteiger partial charge is 0.497 e. The molecule has 2 heteroatoms. The lowest BCUT2D eigenvalue weighted by molar-refractivity contribution is 0.375. The second-order valence-electron chi connectivity index (χ2n) is 4.64. The molecule has 0 aliphatic carbocycles. The first-order valence-electron chi connectivity index (χ1n) is 6.03. The Labute approximate surface area is 105 Å². The molecule has 0 spiro atoms. The van der Waals surface area contributed by atoms with Gasteiger partial charge in [0.05, 0.1) is 7.11 Å². The number of nitrogens with zero attached hydrogens (tertiary/aromatic N) is 1. The second kappa shape index (κ2) is 6.45. The van der Waals surface area contributed by atoms with Crippen LogP contribution in [0.1, 0.15) is 19.4 Å². The van der Waals surface area contributed by atoms with E-state index in [0.717, 1.165) is 12.3 Å². The lowest BCUT2D eigenvalue weighted by Gasteiger charge is -2.20. The molecule has 1 aromatic carbocycles. The van der Waals surface area contributed by atoms with Crippen LogP contribution in [0.3, 0.4) is 0 Å². The van der Waals surface area contributed by atoms with Gasteiger partial charge in [0.1, 0.15) is 5.75 Å². The van der Waals surface area contributed by atoms with E-state index >= 15 is 0 Å². The van der Waals surface area contributed by atoms with Crippen molar-refractivity contribution in [3.63, 3.8) is 0 Å². The van der Waals surface area contributed by atoms with Crippen molar-refractivity contribution in [2.75, 3.05) is 27.7 Å². The third kappa shape index (κ3) is 3.90. The highest BCUT2D eigenvalue weighted by Gasteiger charge is 2.11. The summed E-state index contributed by atoms with van der Waals surface area (Å²) in [5, 5.41) is 0. The van der Waals surface area contributed by atoms with Crippen LogP contribution in [0.15, 0.2) is 30.3 Å². The molecule has 0 aliphatic rings. The van der Waals surface area contributed by atoms with E-state index in [9.17, 15) is 0 Å². The Morgan fingerprint density at radius 2 is 2.12 bits per heavy atom. The van der Waals surface area contributed by atoms with Gasteiger partial charge in [-0.25, -0.2) is 0 Å². The van der Waals surface area contributed by atoms with Gasteiger partial charge in [0.15, 0.2) is 0 Å². The molecule has 0 heterocycles. The van der Waals surface area contributed by atoms with E-state index in [4.69, 9.17) is 4.74 Å². The Morgan fingerprint density at radius 3 is 2.65 bits per heavy atom. The average Bonchev–Trinajstić information content (AvgIpc) is 2.29. The molecule has 0 saturated carbocycles. The summed E-state index contributed by atoms with van der Waals surface area (Å²) in [4.78, 5) is 2.22. The summed E-state index contributed by atoms with van der Waals surface area (Å²) >= 11 is 0. The summed E-state index contributed by atoms with van der Waals surface area (Å²) in [6.45, 7) is 5.41. The first-order valence-corrected chi connectivity index (χ1v) is 6.03. The van der Waals surface area contributed by atoms with Crippen LogP contribution in [-0.4, -0.2) is 32.6 Å². The standard InChI is InChI=1S/C15H23NO/c1-6-15(12(2)11-16(3)4)13-8-7-9-14(10-13)17-5/h6-10,12H,11H2,1-5H3. The molecular formula is C15H23NO. The molecule has 1 aromatic rings. The van der Waals surface area contributed by atoms with Gasteiger partial charge in [0, 0.05) is 6.54 Å². The lowest BCUT2D eigenvalue weighted by Crippen LogP contribution is -2.20. The summed E-state index contributed by atoms with van der Waals surface area (Å²) in [6, 6.07) is 8.26. The lowest BCUT2D eigenvalue weighted by atomic mass is 9.93. The third-order valence-electron chi connectivity index (χ3n) is 2.88. The average molecular weight is 233 g/mol. The van der Waals surface area contributed by atoms with E-state index in [0.29, 0.717) is 5.92 Å². The maximum absolute atomic E-state index is 5.27. The van der Waals surface area contributed by atoms with Gasteiger partial charge < -0.3 is 9.64 Å². The minimum atomic E-state index is 0.516. The molecule has 0 radical (unpaired) electrons. The van der Waals surface area contributed by atoms with Crippen LogP contribution < -0.4 is 4.74 Å². The highest BCUT2D eigenvalue weighted by Crippen LogP contribution is 2.26. The normalized spacial score (nSPS) is 13.9. The number of methoxy groups -OCH3 is 1. The summed E-state index contributed by atoms with van der Waals surface area (Å²) in [6.07, 6.45) is 2.20. The summed E-state index contributed by atoms with van der Waals surface area (Å²) in [5.41, 5.74) is 2.62. The SMILES string of the molecule is CC=C(c1cccc(OC)c1)C(C)CN(C)C. The number of allylic oxidation sites excluding steroid dienone is 1. The molecule has 0 amide bonds. The quantitative estimate of drug-likeness (QED) is 0.773. The summed E-state index contributed by atoms with van der Waals surface area (Å²) in [7, 11) is 5.92. The van der Waals surface area contributed by atoms with Crippen LogP contribution in [0, 0.1) is 5.92 Å². The van der Waals surface area contributed by atoms with Crippen molar-refractivity contribution >= 4 is 5.57 Å². The van der Waals surface area contributed by atoms with Crippen LogP contribution in [0.4, 0.5) is 0 Å². The van der Waals surface area contributed by atoms with Gasteiger partial charge in [-0.3, -0.25) is 0 Å². The Bertz CT molecular complexity index is 382. The van der Waals surface area contributed by atoms with Gasteiger partial charge in [-0.1, -0.05) is 25.1 Å². The smallest absolute Gasteiger partial charge is 0.119 e. The van der Waals surface area contributed by atoms with Crippen molar-refractivity contribution < 1.29 is 4.74 Å². The zero-order chi connectivity index (χ0) is 12.8. The predicted octanol–water partition coefficient (Wildman–Crippen LogP) is 3.30. The van der Waals surface area contributed by atoms with E-state index in [2.05, 4.69) is 51.1 Å². The van der Waals surface area contributed by atoms with Crippen molar-refractivity contribution in [1.29, 1.82) is 0 Å². The van der Waals surface area contributed by atoms with Gasteiger partial charge >= 0.3 is 0 Å². The minimum Gasteiger partial charge on any atom is -0.497 e. The monoisotopic (exact) mass is 233 g/mol. The molecule has 0 N–H and O–H groups in total. The summed E-state index contributed by atoms with van der Waals surface area (Å²) in [5.74, 6) is 1.43. The Hall–Kier alpha value is -1.28. The van der Waals surface area contributed by atoms with Crippen LogP contribution in [0.2, 0.25) is 0 Å². The number of rotatable bonds is 5. The van der Waals surface area contributed by atoms with Gasteiger partial charge in [-0.2, -0.15) is 0 Å². The van der Waals surface area contributed by atoms with Gasteiger partial charge in [0.25, 0.3) is 0 Å². The molecule has 17 heavy (non-hydrogen) atoms. The topological polar surface area (TPSA) is 12.5 Å². The molecule has 1 rings (SSSR count). The molecule has 1 atom stereocenters. The Kier molecular flexibility index (Phi) is 5.23. The van der Waals surface area contributed by atoms with Gasteiger partial charge in [-0.15, -0.1) is 0 Å². The van der Waals surface area contributed by atoms with Gasteiger partial charge in [0.2, 0.25) is 0 Å². The third-order valence-corrected chi connectivity index (χ3v) is 2.88. The minimum absolute atomic E-state index is 0.516. The maximum Gasteiger partial charge on any atom is 0.119 e. The fraction of sp³-hybridized carbons (Fsp3) is 0.467. The van der Waals surface area contributed by atoms with Crippen molar-refractivity contribution in [1.82, 2.24) is 4.90 Å². The predicted molar refractivity (Wildman–Crippen MR) is 74.4 cm³/mol. The Morgan fingerprint density at radius 1 is 1.41 bits per heavy atom. The number of hydrogen-bond acceptors (Lipinski definition) is 2. The van der Waals surface area contributed by atoms with E-state index in [1.165, 1.54) is 11.1 Å². The Balaban J connectivity index is 2.93. The van der Waals surface area contributed by atoms with E-state index < -0.39 is 0 Å².